The Balaban J connectivity index is 1.29. The van der Waals surface area contributed by atoms with Crippen molar-refractivity contribution >= 4 is 34.2 Å². The maximum Gasteiger partial charge on any atom is 0.326 e. The van der Waals surface area contributed by atoms with Crippen LogP contribution in [0.15, 0.2) is 35.1 Å². The quantitative estimate of drug-likeness (QED) is 0.466. The van der Waals surface area contributed by atoms with E-state index in [2.05, 4.69) is 15.4 Å². The second-order valence-corrected chi connectivity index (χ2v) is 8.86. The number of hydrogen-bond donors (Lipinski definition) is 1. The minimum absolute atomic E-state index is 0.191. The average molecular weight is 453 g/mol. The first-order valence-corrected chi connectivity index (χ1v) is 10.9. The standard InChI is InChI=1S/C21H19N5O5S/c1-12-9-16(27)26-20(22-12)32-15(24-26)11-31-17(28)10-25-18(29)21(23-19(25)30)8-4-6-13-5-2-3-7-14(13)21/h2-3,5,7,9H,4,6,8,10-11H2,1H3,(H,23,30). The topological polar surface area (TPSA) is 123 Å². The smallest absolute Gasteiger partial charge is 0.326 e. The van der Waals surface area contributed by atoms with Crippen LogP contribution < -0.4 is 10.9 Å². The summed E-state index contributed by atoms with van der Waals surface area (Å²) in [7, 11) is 0. The molecular weight excluding hydrogens is 434 g/mol. The van der Waals surface area contributed by atoms with Gasteiger partial charge in [-0.1, -0.05) is 35.6 Å². The number of rotatable bonds is 4. The maximum absolute atomic E-state index is 13.2. The summed E-state index contributed by atoms with van der Waals surface area (Å²) in [6.07, 6.45) is 2.07. The van der Waals surface area contributed by atoms with Gasteiger partial charge < -0.3 is 10.1 Å². The lowest BCUT2D eigenvalue weighted by molar-refractivity contribution is -0.149. The van der Waals surface area contributed by atoms with Gasteiger partial charge in [-0.2, -0.15) is 9.61 Å². The van der Waals surface area contributed by atoms with Crippen molar-refractivity contribution in [2.45, 2.75) is 38.3 Å². The molecule has 2 aromatic heterocycles. The number of hydrogen-bond acceptors (Lipinski definition) is 8. The number of urea groups is 1. The van der Waals surface area contributed by atoms with Gasteiger partial charge in [0.2, 0.25) is 4.96 Å². The molecule has 0 saturated carbocycles. The number of benzene rings is 1. The zero-order chi connectivity index (χ0) is 22.5. The van der Waals surface area contributed by atoms with Crippen LogP contribution in [0.5, 0.6) is 0 Å². The van der Waals surface area contributed by atoms with E-state index in [0.29, 0.717) is 22.1 Å². The summed E-state index contributed by atoms with van der Waals surface area (Å²) in [4.78, 5) is 55.7. The summed E-state index contributed by atoms with van der Waals surface area (Å²) >= 11 is 1.12. The highest BCUT2D eigenvalue weighted by atomic mass is 32.1. The van der Waals surface area contributed by atoms with E-state index >= 15 is 0 Å². The van der Waals surface area contributed by atoms with Gasteiger partial charge in [0, 0.05) is 11.8 Å². The Kier molecular flexibility index (Phi) is 4.77. The molecule has 32 heavy (non-hydrogen) atoms. The molecule has 164 valence electrons. The number of nitrogens with zero attached hydrogens (tertiary/aromatic N) is 4. The number of esters is 1. The van der Waals surface area contributed by atoms with Crippen LogP contribution in [0.25, 0.3) is 4.96 Å². The minimum Gasteiger partial charge on any atom is -0.457 e. The molecular formula is C21H19N5O5S. The van der Waals surface area contributed by atoms with Gasteiger partial charge >= 0.3 is 12.0 Å². The summed E-state index contributed by atoms with van der Waals surface area (Å²) in [6, 6.07) is 8.28. The second-order valence-electron chi connectivity index (χ2n) is 7.82. The lowest BCUT2D eigenvalue weighted by Crippen LogP contribution is -2.46. The number of ether oxygens (including phenoxy) is 1. The van der Waals surface area contributed by atoms with E-state index in [1.807, 2.05) is 24.3 Å². The van der Waals surface area contributed by atoms with Gasteiger partial charge in [-0.15, -0.1) is 0 Å². The average Bonchev–Trinajstić information content (AvgIpc) is 3.28. The maximum atomic E-state index is 13.2. The molecule has 3 aromatic rings. The second kappa shape index (κ2) is 7.52. The molecule has 1 spiro atoms. The molecule has 0 bridgehead atoms. The minimum atomic E-state index is -1.13. The molecule has 10 nitrogen and oxygen atoms in total. The van der Waals surface area contributed by atoms with E-state index in [9.17, 15) is 19.2 Å². The summed E-state index contributed by atoms with van der Waals surface area (Å²) in [6.45, 7) is 1.01. The van der Waals surface area contributed by atoms with E-state index in [1.54, 1.807) is 6.92 Å². The first-order chi connectivity index (χ1) is 15.4. The van der Waals surface area contributed by atoms with Gasteiger partial charge in [-0.05, 0) is 37.3 Å². The molecule has 3 heterocycles. The number of fused-ring (bicyclic) bond motifs is 3. The Morgan fingerprint density at radius 2 is 2.09 bits per heavy atom. The van der Waals surface area contributed by atoms with E-state index in [0.717, 1.165) is 44.7 Å². The van der Waals surface area contributed by atoms with Crippen molar-refractivity contribution in [1.82, 2.24) is 24.8 Å². The van der Waals surface area contributed by atoms with Crippen molar-refractivity contribution < 1.29 is 19.1 Å². The lowest BCUT2D eigenvalue weighted by atomic mass is 9.76. The molecule has 1 N–H and O–H groups in total. The lowest BCUT2D eigenvalue weighted by Gasteiger charge is -2.33. The molecule has 3 amide bonds. The Morgan fingerprint density at radius 1 is 1.28 bits per heavy atom. The first-order valence-electron chi connectivity index (χ1n) is 10.1. The predicted octanol–water partition coefficient (Wildman–Crippen LogP) is 1.29. The molecule has 1 aliphatic carbocycles. The summed E-state index contributed by atoms with van der Waals surface area (Å²) in [5, 5.41) is 7.29. The zero-order valence-corrected chi connectivity index (χ0v) is 18.0. The van der Waals surface area contributed by atoms with Gasteiger partial charge in [-0.25, -0.2) is 9.78 Å². The molecule has 5 rings (SSSR count). The van der Waals surface area contributed by atoms with Crippen LogP contribution >= 0.6 is 11.3 Å². The van der Waals surface area contributed by atoms with Crippen molar-refractivity contribution in [1.29, 1.82) is 0 Å². The van der Waals surface area contributed by atoms with Gasteiger partial charge in [-0.3, -0.25) is 19.3 Å². The van der Waals surface area contributed by atoms with E-state index in [-0.39, 0.29) is 12.2 Å². The highest BCUT2D eigenvalue weighted by molar-refractivity contribution is 7.16. The zero-order valence-electron chi connectivity index (χ0n) is 17.2. The SMILES string of the molecule is Cc1cc(=O)n2nc(COC(=O)CN3C(=O)NC4(CCCc5ccccc54)C3=O)sc2n1. The fourth-order valence-corrected chi connectivity index (χ4v) is 5.15. The largest absolute Gasteiger partial charge is 0.457 e. The number of aryl methyl sites for hydroxylation is 2. The van der Waals surface area contributed by atoms with Crippen LogP contribution in [-0.2, 0) is 32.9 Å². The number of aromatic nitrogens is 3. The van der Waals surface area contributed by atoms with Crippen molar-refractivity contribution in [3.63, 3.8) is 0 Å². The number of carbonyl (C=O) groups is 3. The van der Waals surface area contributed by atoms with Gasteiger partial charge in [0.25, 0.3) is 11.5 Å². The summed E-state index contributed by atoms with van der Waals surface area (Å²) in [5.74, 6) is -1.19. The number of carbonyl (C=O) groups excluding carboxylic acids is 3. The van der Waals surface area contributed by atoms with Crippen LogP contribution in [0, 0.1) is 6.92 Å². The van der Waals surface area contributed by atoms with Crippen LogP contribution in [0.3, 0.4) is 0 Å². The molecule has 2 aliphatic rings. The van der Waals surface area contributed by atoms with Crippen molar-refractivity contribution in [2.75, 3.05) is 6.54 Å². The summed E-state index contributed by atoms with van der Waals surface area (Å²) < 4.78 is 6.36. The number of amides is 3. The first kappa shape index (κ1) is 20.3. The molecule has 1 atom stereocenters. The Labute approximate surface area is 185 Å². The van der Waals surface area contributed by atoms with Crippen molar-refractivity contribution in [3.05, 3.63) is 62.5 Å². The highest BCUT2D eigenvalue weighted by Crippen LogP contribution is 2.39. The van der Waals surface area contributed by atoms with Crippen LogP contribution in [0.2, 0.25) is 0 Å². The third-order valence-corrected chi connectivity index (χ3v) is 6.59. The summed E-state index contributed by atoms with van der Waals surface area (Å²) in [5.41, 5.74) is 0.914. The Morgan fingerprint density at radius 3 is 2.94 bits per heavy atom. The Bertz CT molecular complexity index is 1330. The molecule has 1 saturated heterocycles. The molecule has 11 heteroatoms. The molecule has 1 unspecified atom stereocenters. The fraction of sp³-hybridized carbons (Fsp3) is 0.333. The van der Waals surface area contributed by atoms with Crippen molar-refractivity contribution in [2.24, 2.45) is 0 Å². The van der Waals surface area contributed by atoms with Crippen molar-refractivity contribution in [3.8, 4) is 0 Å². The van der Waals surface area contributed by atoms with Gasteiger partial charge in [0.05, 0.1) is 0 Å². The van der Waals surface area contributed by atoms with Gasteiger partial charge in [0.15, 0.2) is 5.01 Å². The highest BCUT2D eigenvalue weighted by Gasteiger charge is 2.54. The number of nitrogens with one attached hydrogen (secondary N) is 1. The van der Waals surface area contributed by atoms with Gasteiger partial charge in [0.1, 0.15) is 18.7 Å². The molecule has 1 aromatic carbocycles. The van der Waals surface area contributed by atoms with Crippen LogP contribution in [0.4, 0.5) is 4.79 Å². The fourth-order valence-electron chi connectivity index (χ4n) is 4.29. The third kappa shape index (κ3) is 3.25. The molecule has 0 radical (unpaired) electrons. The van der Waals surface area contributed by atoms with E-state index in [4.69, 9.17) is 4.74 Å². The monoisotopic (exact) mass is 453 g/mol. The Hall–Kier alpha value is -3.60. The third-order valence-electron chi connectivity index (χ3n) is 5.71. The normalized spacial score (nSPS) is 20.0. The van der Waals surface area contributed by atoms with Crippen LogP contribution in [0.1, 0.15) is 34.7 Å². The van der Waals surface area contributed by atoms with Crippen LogP contribution in [-0.4, -0.2) is 44.0 Å². The predicted molar refractivity (Wildman–Crippen MR) is 113 cm³/mol. The molecule has 1 aliphatic heterocycles. The van der Waals surface area contributed by atoms with E-state index in [1.165, 1.54) is 6.07 Å². The number of imide groups is 1. The molecule has 1 fully saturated rings. The van der Waals surface area contributed by atoms with E-state index < -0.39 is 30.0 Å².